The van der Waals surface area contributed by atoms with E-state index in [0.29, 0.717) is 26.2 Å². The molecule has 0 saturated carbocycles. The summed E-state index contributed by atoms with van der Waals surface area (Å²) in [6.07, 6.45) is 2.30. The Morgan fingerprint density at radius 2 is 1.80 bits per heavy atom. The van der Waals surface area contributed by atoms with E-state index in [0.717, 1.165) is 18.9 Å². The van der Waals surface area contributed by atoms with Gasteiger partial charge in [0.1, 0.15) is 0 Å². The molecule has 0 saturated heterocycles. The van der Waals surface area contributed by atoms with Crippen molar-refractivity contribution < 1.29 is 17.9 Å². The first-order valence-electron chi connectivity index (χ1n) is 7.06. The highest BCUT2D eigenvalue weighted by molar-refractivity contribution is 5.23. The first-order chi connectivity index (χ1) is 9.61. The molecule has 0 aliphatic rings. The molecule has 0 radical (unpaired) electrons. The average Bonchev–Trinajstić information content (AvgIpc) is 2.45. The number of rotatable bonds is 9. The summed E-state index contributed by atoms with van der Waals surface area (Å²) in [7, 11) is 0. The normalized spacial score (nSPS) is 12.7. The number of hydrogen-bond acceptors (Lipinski definition) is 2. The maximum absolute atomic E-state index is 13.8. The van der Waals surface area contributed by atoms with Crippen molar-refractivity contribution in [1.82, 2.24) is 5.32 Å². The molecule has 1 aromatic carbocycles. The number of benzene rings is 1. The molecule has 0 amide bonds. The fraction of sp³-hybridized carbons (Fsp3) is 0.600. The summed E-state index contributed by atoms with van der Waals surface area (Å²) in [5.41, 5.74) is 0.150. The summed E-state index contributed by atoms with van der Waals surface area (Å²) in [5, 5.41) is 3.14. The van der Waals surface area contributed by atoms with Crippen LogP contribution in [0.25, 0.3) is 0 Å². The molecule has 0 fully saturated rings. The molecule has 0 aliphatic heterocycles. The predicted octanol–water partition coefficient (Wildman–Crippen LogP) is 3.96. The average molecular weight is 289 g/mol. The number of nitrogens with one attached hydrogen (secondary N) is 1. The lowest BCUT2D eigenvalue weighted by atomic mass is 10.0. The molecule has 1 atom stereocenters. The van der Waals surface area contributed by atoms with Gasteiger partial charge in [-0.25, -0.2) is 13.2 Å². The Kier molecular flexibility index (Phi) is 7.62. The Labute approximate surface area is 118 Å². The molecule has 2 nitrogen and oxygen atoms in total. The summed E-state index contributed by atoms with van der Waals surface area (Å²) >= 11 is 0. The van der Waals surface area contributed by atoms with Crippen LogP contribution in [0.2, 0.25) is 0 Å². The minimum absolute atomic E-state index is 0.150. The van der Waals surface area contributed by atoms with Crippen LogP contribution >= 0.6 is 0 Å². The Balaban J connectivity index is 2.78. The van der Waals surface area contributed by atoms with Crippen molar-refractivity contribution in [2.45, 2.75) is 39.2 Å². The van der Waals surface area contributed by atoms with Crippen LogP contribution in [0.15, 0.2) is 12.1 Å². The molecule has 0 spiro atoms. The van der Waals surface area contributed by atoms with Crippen LogP contribution in [-0.4, -0.2) is 19.8 Å². The summed E-state index contributed by atoms with van der Waals surface area (Å²) in [6, 6.07) is 1.88. The molecule has 0 aromatic heterocycles. The summed E-state index contributed by atoms with van der Waals surface area (Å²) in [5.74, 6) is -3.70. The topological polar surface area (TPSA) is 21.3 Å². The maximum atomic E-state index is 13.8. The van der Waals surface area contributed by atoms with Gasteiger partial charge >= 0.3 is 0 Å². The van der Waals surface area contributed by atoms with E-state index >= 15 is 0 Å². The van der Waals surface area contributed by atoms with E-state index in [1.807, 2.05) is 13.8 Å². The molecule has 1 unspecified atom stereocenters. The van der Waals surface area contributed by atoms with Crippen LogP contribution in [0.1, 0.15) is 44.7 Å². The van der Waals surface area contributed by atoms with Gasteiger partial charge in [-0.3, -0.25) is 0 Å². The fourth-order valence-corrected chi connectivity index (χ4v) is 1.94. The third kappa shape index (κ3) is 4.80. The Morgan fingerprint density at radius 3 is 2.45 bits per heavy atom. The second-order valence-electron chi connectivity index (χ2n) is 4.67. The Bertz CT molecular complexity index is 412. The summed E-state index contributed by atoms with van der Waals surface area (Å²) in [6.45, 7) is 5.76. The van der Waals surface area contributed by atoms with Gasteiger partial charge in [-0.05, 0) is 31.9 Å². The highest BCUT2D eigenvalue weighted by Crippen LogP contribution is 2.24. The van der Waals surface area contributed by atoms with E-state index < -0.39 is 17.5 Å². The van der Waals surface area contributed by atoms with Gasteiger partial charge in [-0.1, -0.05) is 19.9 Å². The van der Waals surface area contributed by atoms with E-state index in [-0.39, 0.29) is 11.6 Å². The van der Waals surface area contributed by atoms with E-state index in [1.165, 1.54) is 6.07 Å². The third-order valence-electron chi connectivity index (χ3n) is 2.98. The van der Waals surface area contributed by atoms with Gasteiger partial charge in [-0.2, -0.15) is 0 Å². The summed E-state index contributed by atoms with van der Waals surface area (Å²) < 4.78 is 45.5. The predicted molar refractivity (Wildman–Crippen MR) is 73.1 cm³/mol. The van der Waals surface area contributed by atoms with Crippen molar-refractivity contribution in [3.05, 3.63) is 35.1 Å². The molecule has 1 aromatic rings. The zero-order valence-corrected chi connectivity index (χ0v) is 12.0. The van der Waals surface area contributed by atoms with Crippen molar-refractivity contribution in [3.63, 3.8) is 0 Å². The SMILES string of the molecule is CCCNC(CCOCCC)c1ccc(F)c(F)c1F. The molecule has 114 valence electrons. The second kappa shape index (κ2) is 8.97. The highest BCUT2D eigenvalue weighted by atomic mass is 19.2. The summed E-state index contributed by atoms with van der Waals surface area (Å²) in [4.78, 5) is 0. The van der Waals surface area contributed by atoms with Crippen LogP contribution in [0.5, 0.6) is 0 Å². The molecule has 0 aliphatic carbocycles. The number of hydrogen-bond donors (Lipinski definition) is 1. The minimum Gasteiger partial charge on any atom is -0.381 e. The first kappa shape index (κ1) is 17.0. The number of halogens is 3. The maximum Gasteiger partial charge on any atom is 0.194 e. The van der Waals surface area contributed by atoms with E-state index in [2.05, 4.69) is 5.32 Å². The van der Waals surface area contributed by atoms with E-state index in [9.17, 15) is 13.2 Å². The van der Waals surface area contributed by atoms with Crippen LogP contribution in [0, 0.1) is 17.5 Å². The lowest BCUT2D eigenvalue weighted by molar-refractivity contribution is 0.124. The molecule has 1 N–H and O–H groups in total. The second-order valence-corrected chi connectivity index (χ2v) is 4.67. The van der Waals surface area contributed by atoms with Crippen molar-refractivity contribution in [2.75, 3.05) is 19.8 Å². The van der Waals surface area contributed by atoms with Crippen LogP contribution in [-0.2, 0) is 4.74 Å². The van der Waals surface area contributed by atoms with E-state index in [1.54, 1.807) is 0 Å². The quantitative estimate of drug-likeness (QED) is 0.549. The van der Waals surface area contributed by atoms with Gasteiger partial charge in [0, 0.05) is 24.8 Å². The molecule has 1 rings (SSSR count). The van der Waals surface area contributed by atoms with Crippen molar-refractivity contribution in [3.8, 4) is 0 Å². The standard InChI is InChI=1S/C15H22F3NO/c1-3-8-19-13(7-10-20-9-4-2)11-5-6-12(16)15(18)14(11)17/h5-6,13,19H,3-4,7-10H2,1-2H3. The lowest BCUT2D eigenvalue weighted by Gasteiger charge is -2.20. The third-order valence-corrected chi connectivity index (χ3v) is 2.98. The zero-order valence-electron chi connectivity index (χ0n) is 12.0. The molecular formula is C15H22F3NO. The Hall–Kier alpha value is -1.07. The largest absolute Gasteiger partial charge is 0.381 e. The minimum atomic E-state index is -1.42. The zero-order chi connectivity index (χ0) is 15.0. The Morgan fingerprint density at radius 1 is 1.05 bits per heavy atom. The molecular weight excluding hydrogens is 267 g/mol. The smallest absolute Gasteiger partial charge is 0.194 e. The van der Waals surface area contributed by atoms with Crippen LogP contribution in [0.4, 0.5) is 13.2 Å². The highest BCUT2D eigenvalue weighted by Gasteiger charge is 2.20. The van der Waals surface area contributed by atoms with Gasteiger partial charge in [-0.15, -0.1) is 0 Å². The monoisotopic (exact) mass is 289 g/mol. The molecule has 0 heterocycles. The van der Waals surface area contributed by atoms with Crippen LogP contribution in [0.3, 0.4) is 0 Å². The first-order valence-corrected chi connectivity index (χ1v) is 7.06. The molecule has 5 heteroatoms. The van der Waals surface area contributed by atoms with Gasteiger partial charge in [0.05, 0.1) is 0 Å². The van der Waals surface area contributed by atoms with Crippen molar-refractivity contribution in [1.29, 1.82) is 0 Å². The van der Waals surface area contributed by atoms with Crippen molar-refractivity contribution in [2.24, 2.45) is 0 Å². The van der Waals surface area contributed by atoms with Gasteiger partial charge in [0.2, 0.25) is 0 Å². The van der Waals surface area contributed by atoms with Crippen molar-refractivity contribution >= 4 is 0 Å². The molecule has 0 bridgehead atoms. The van der Waals surface area contributed by atoms with Gasteiger partial charge < -0.3 is 10.1 Å². The fourth-order valence-electron chi connectivity index (χ4n) is 1.94. The van der Waals surface area contributed by atoms with E-state index in [4.69, 9.17) is 4.74 Å². The number of ether oxygens (including phenoxy) is 1. The van der Waals surface area contributed by atoms with Crippen LogP contribution < -0.4 is 5.32 Å². The lowest BCUT2D eigenvalue weighted by Crippen LogP contribution is -2.25. The molecule has 20 heavy (non-hydrogen) atoms. The van der Waals surface area contributed by atoms with Gasteiger partial charge in [0.15, 0.2) is 17.5 Å². The van der Waals surface area contributed by atoms with Gasteiger partial charge in [0.25, 0.3) is 0 Å².